The molecule has 0 aliphatic carbocycles. The predicted molar refractivity (Wildman–Crippen MR) is 95.7 cm³/mol. The number of hydrogen-bond acceptors (Lipinski definition) is 2. The zero-order chi connectivity index (χ0) is 18.0. The maximum Gasteiger partial charge on any atom is 0.255 e. The van der Waals surface area contributed by atoms with Crippen molar-refractivity contribution in [3.8, 4) is 0 Å². The molecule has 0 unspecified atom stereocenters. The number of carbonyl (C=O) groups is 1. The highest BCUT2D eigenvalue weighted by molar-refractivity contribution is 7.80. The molecule has 0 fully saturated rings. The summed E-state index contributed by atoms with van der Waals surface area (Å²) in [6.07, 6.45) is 0. The fourth-order valence-electron chi connectivity index (χ4n) is 2.69. The summed E-state index contributed by atoms with van der Waals surface area (Å²) in [5.41, 5.74) is 1.05. The second kappa shape index (κ2) is 6.98. The molecule has 4 nitrogen and oxygen atoms in total. The third-order valence-electron chi connectivity index (χ3n) is 3.85. The Labute approximate surface area is 148 Å². The molecule has 7 heteroatoms. The molecule has 3 rings (SSSR count). The van der Waals surface area contributed by atoms with Crippen LogP contribution in [0.4, 0.5) is 14.5 Å². The number of benzene rings is 2. The van der Waals surface area contributed by atoms with Gasteiger partial charge in [0.15, 0.2) is 5.11 Å². The lowest BCUT2D eigenvalue weighted by Crippen LogP contribution is -2.46. The van der Waals surface area contributed by atoms with Gasteiger partial charge in [-0.05, 0) is 37.3 Å². The largest absolute Gasteiger partial charge is 0.351 e. The van der Waals surface area contributed by atoms with Crippen molar-refractivity contribution in [1.82, 2.24) is 10.6 Å². The maximum absolute atomic E-state index is 14.2. The van der Waals surface area contributed by atoms with Crippen LogP contribution in [0.15, 0.2) is 59.8 Å². The fraction of sp³-hybridized carbons (Fsp3) is 0.111. The summed E-state index contributed by atoms with van der Waals surface area (Å²) in [5, 5.41) is 8.57. The molecular weight excluding hydrogens is 344 g/mol. The minimum absolute atomic E-state index is 0.0493. The maximum atomic E-state index is 14.2. The molecule has 1 aliphatic heterocycles. The van der Waals surface area contributed by atoms with Crippen LogP contribution in [-0.4, -0.2) is 11.0 Å². The highest BCUT2D eigenvalue weighted by Gasteiger charge is 2.31. The third kappa shape index (κ3) is 3.51. The minimum Gasteiger partial charge on any atom is -0.351 e. The Balaban J connectivity index is 1.99. The lowest BCUT2D eigenvalue weighted by atomic mass is 9.94. The average Bonchev–Trinajstić information content (AvgIpc) is 2.56. The number of thiocarbonyl (C=S) groups is 1. The van der Waals surface area contributed by atoms with Crippen molar-refractivity contribution < 1.29 is 13.6 Å². The van der Waals surface area contributed by atoms with Crippen molar-refractivity contribution in [2.45, 2.75) is 13.0 Å². The lowest BCUT2D eigenvalue weighted by molar-refractivity contribution is -0.113. The van der Waals surface area contributed by atoms with Gasteiger partial charge in [0.25, 0.3) is 5.91 Å². The molecule has 25 heavy (non-hydrogen) atoms. The molecule has 128 valence electrons. The van der Waals surface area contributed by atoms with Crippen LogP contribution in [0.1, 0.15) is 18.5 Å². The van der Waals surface area contributed by atoms with Gasteiger partial charge in [-0.2, -0.15) is 0 Å². The van der Waals surface area contributed by atoms with Gasteiger partial charge in [-0.15, -0.1) is 0 Å². The van der Waals surface area contributed by atoms with E-state index in [-0.39, 0.29) is 21.9 Å². The van der Waals surface area contributed by atoms with Crippen LogP contribution in [0.5, 0.6) is 0 Å². The lowest BCUT2D eigenvalue weighted by Gasteiger charge is -2.30. The fourth-order valence-corrected chi connectivity index (χ4v) is 2.96. The Morgan fingerprint density at radius 2 is 1.72 bits per heavy atom. The van der Waals surface area contributed by atoms with Gasteiger partial charge >= 0.3 is 0 Å². The molecule has 3 N–H and O–H groups in total. The van der Waals surface area contributed by atoms with Gasteiger partial charge in [0.1, 0.15) is 11.6 Å². The standard InChI is InChI=1S/C18H15F2N3OS/c1-10-15(17(24)22-14-9-5-4-8-13(14)20)16(23-18(25)21-10)11-6-2-3-7-12(11)19/h2-9,16H,1H3,(H,22,24)(H2,21,23,25)/t16-/m0/s1. The van der Waals surface area contributed by atoms with Crippen LogP contribution < -0.4 is 16.0 Å². The van der Waals surface area contributed by atoms with Gasteiger partial charge in [-0.1, -0.05) is 30.3 Å². The van der Waals surface area contributed by atoms with Crippen LogP contribution in [0.3, 0.4) is 0 Å². The topological polar surface area (TPSA) is 53.2 Å². The second-order valence-electron chi connectivity index (χ2n) is 5.53. The van der Waals surface area contributed by atoms with Crippen LogP contribution in [-0.2, 0) is 4.79 Å². The average molecular weight is 359 g/mol. The van der Waals surface area contributed by atoms with Crippen LogP contribution in [0, 0.1) is 11.6 Å². The van der Waals surface area contributed by atoms with E-state index in [1.807, 2.05) is 0 Å². The van der Waals surface area contributed by atoms with Gasteiger partial charge in [0.2, 0.25) is 0 Å². The summed E-state index contributed by atoms with van der Waals surface area (Å²) in [7, 11) is 0. The molecule has 0 aromatic heterocycles. The summed E-state index contributed by atoms with van der Waals surface area (Å²) in [6.45, 7) is 1.66. The molecule has 0 spiro atoms. The predicted octanol–water partition coefficient (Wildman–Crippen LogP) is 3.40. The number of rotatable bonds is 3. The molecule has 0 radical (unpaired) electrons. The number of anilines is 1. The van der Waals surface area contributed by atoms with Crippen molar-refractivity contribution >= 4 is 28.9 Å². The smallest absolute Gasteiger partial charge is 0.255 e. The monoisotopic (exact) mass is 359 g/mol. The first-order valence-corrected chi connectivity index (χ1v) is 7.97. The highest BCUT2D eigenvalue weighted by Crippen LogP contribution is 2.29. The number of amides is 1. The molecule has 1 atom stereocenters. The molecule has 1 heterocycles. The van der Waals surface area contributed by atoms with E-state index in [1.54, 1.807) is 31.2 Å². The van der Waals surface area contributed by atoms with Crippen molar-refractivity contribution in [2.24, 2.45) is 0 Å². The molecular formula is C18H15F2N3OS. The first kappa shape index (κ1) is 17.0. The van der Waals surface area contributed by atoms with E-state index >= 15 is 0 Å². The number of hydrogen-bond donors (Lipinski definition) is 3. The van der Waals surface area contributed by atoms with E-state index in [4.69, 9.17) is 12.2 Å². The third-order valence-corrected chi connectivity index (χ3v) is 4.07. The Morgan fingerprint density at radius 3 is 2.40 bits per heavy atom. The zero-order valence-corrected chi connectivity index (χ0v) is 14.1. The number of allylic oxidation sites excluding steroid dienone is 1. The summed E-state index contributed by atoms with van der Waals surface area (Å²) in [4.78, 5) is 12.8. The number of carbonyl (C=O) groups excluding carboxylic acids is 1. The number of para-hydroxylation sites is 1. The van der Waals surface area contributed by atoms with E-state index in [0.717, 1.165) is 0 Å². The van der Waals surface area contributed by atoms with E-state index in [9.17, 15) is 13.6 Å². The van der Waals surface area contributed by atoms with E-state index in [0.29, 0.717) is 5.70 Å². The summed E-state index contributed by atoms with van der Waals surface area (Å²) >= 11 is 5.12. The molecule has 2 aromatic rings. The molecule has 0 bridgehead atoms. The number of nitrogens with one attached hydrogen (secondary N) is 3. The highest BCUT2D eigenvalue weighted by atomic mass is 32.1. The first-order chi connectivity index (χ1) is 12.0. The molecule has 1 aliphatic rings. The molecule has 1 amide bonds. The molecule has 0 saturated heterocycles. The Kier molecular flexibility index (Phi) is 4.76. The van der Waals surface area contributed by atoms with Gasteiger partial charge < -0.3 is 16.0 Å². The quantitative estimate of drug-likeness (QED) is 0.736. The van der Waals surface area contributed by atoms with Crippen molar-refractivity contribution in [3.05, 3.63) is 77.0 Å². The van der Waals surface area contributed by atoms with Crippen molar-refractivity contribution in [2.75, 3.05) is 5.32 Å². The zero-order valence-electron chi connectivity index (χ0n) is 13.3. The number of halogens is 2. The van der Waals surface area contributed by atoms with Gasteiger partial charge in [0.05, 0.1) is 17.3 Å². The van der Waals surface area contributed by atoms with Crippen LogP contribution >= 0.6 is 12.2 Å². The van der Waals surface area contributed by atoms with Crippen LogP contribution in [0.25, 0.3) is 0 Å². The van der Waals surface area contributed by atoms with Gasteiger partial charge in [0, 0.05) is 11.3 Å². The Morgan fingerprint density at radius 1 is 1.08 bits per heavy atom. The summed E-state index contributed by atoms with van der Waals surface area (Å²) in [6, 6.07) is 11.2. The van der Waals surface area contributed by atoms with Gasteiger partial charge in [-0.3, -0.25) is 4.79 Å². The Bertz CT molecular complexity index is 882. The first-order valence-electron chi connectivity index (χ1n) is 7.56. The van der Waals surface area contributed by atoms with Crippen LogP contribution in [0.2, 0.25) is 0 Å². The molecule has 0 saturated carbocycles. The van der Waals surface area contributed by atoms with E-state index in [1.165, 1.54) is 24.3 Å². The minimum atomic E-state index is -0.776. The Hall–Kier alpha value is -2.80. The molecule has 2 aromatic carbocycles. The van der Waals surface area contributed by atoms with Crippen molar-refractivity contribution in [1.29, 1.82) is 0 Å². The van der Waals surface area contributed by atoms with E-state index in [2.05, 4.69) is 16.0 Å². The SMILES string of the molecule is CC1=C(C(=O)Nc2ccccc2F)[C@H](c2ccccc2F)NC(=S)N1. The second-order valence-corrected chi connectivity index (χ2v) is 5.93. The van der Waals surface area contributed by atoms with Gasteiger partial charge in [-0.25, -0.2) is 8.78 Å². The summed E-state index contributed by atoms with van der Waals surface area (Å²) in [5.74, 6) is -1.56. The normalized spacial score (nSPS) is 16.9. The van der Waals surface area contributed by atoms with E-state index < -0.39 is 23.6 Å². The summed E-state index contributed by atoms with van der Waals surface area (Å²) < 4.78 is 28.1. The van der Waals surface area contributed by atoms with Crippen molar-refractivity contribution in [3.63, 3.8) is 0 Å².